The molecule has 0 aliphatic carbocycles. The molecule has 0 saturated carbocycles. The Bertz CT molecular complexity index is 547. The van der Waals surface area contributed by atoms with Crippen LogP contribution in [-0.4, -0.2) is 39.8 Å². The van der Waals surface area contributed by atoms with Gasteiger partial charge in [-0.05, 0) is 33.1 Å². The molecule has 1 fully saturated rings. The van der Waals surface area contributed by atoms with Gasteiger partial charge in [0.05, 0.1) is 10.5 Å². The maximum atomic E-state index is 12.7. The maximum Gasteiger partial charge on any atom is 0.288 e. The van der Waals surface area contributed by atoms with Gasteiger partial charge in [-0.25, -0.2) is 4.98 Å². The number of hydrogen-bond donors (Lipinski definition) is 1. The Morgan fingerprint density at radius 3 is 2.95 bits per heavy atom. The molecular weight excluding hydrogens is 272 g/mol. The van der Waals surface area contributed by atoms with Crippen molar-refractivity contribution >= 4 is 17.4 Å². The van der Waals surface area contributed by atoms with Crippen LogP contribution in [0.15, 0.2) is 12.3 Å². The van der Waals surface area contributed by atoms with E-state index in [1.807, 2.05) is 13.8 Å². The van der Waals surface area contributed by atoms with Crippen molar-refractivity contribution in [2.45, 2.75) is 39.2 Å². The monoisotopic (exact) mass is 292 g/mol. The quantitative estimate of drug-likeness (QED) is 0.680. The van der Waals surface area contributed by atoms with E-state index in [0.717, 1.165) is 19.3 Å². The number of piperidine rings is 1. The Balaban J connectivity index is 2.36. The zero-order valence-electron chi connectivity index (χ0n) is 12.3. The van der Waals surface area contributed by atoms with Crippen LogP contribution in [0.3, 0.4) is 0 Å². The highest BCUT2D eigenvalue weighted by molar-refractivity contribution is 5.99. The normalized spacial score (nSPS) is 18.4. The molecule has 2 rings (SSSR count). The number of nitrogens with one attached hydrogen (secondary N) is 1. The SMILES string of the molecule is CCNc1ncc([N+](=O)[O-])cc1C(=O)N1CCCCC1C. The van der Waals surface area contributed by atoms with Gasteiger partial charge in [0.1, 0.15) is 12.0 Å². The molecule has 1 atom stereocenters. The van der Waals surface area contributed by atoms with E-state index in [-0.39, 0.29) is 23.2 Å². The molecule has 1 aromatic rings. The summed E-state index contributed by atoms with van der Waals surface area (Å²) in [5.74, 6) is 0.222. The van der Waals surface area contributed by atoms with Crippen LogP contribution in [0.2, 0.25) is 0 Å². The van der Waals surface area contributed by atoms with Crippen LogP contribution in [-0.2, 0) is 0 Å². The van der Waals surface area contributed by atoms with Crippen LogP contribution in [0, 0.1) is 10.1 Å². The highest BCUT2D eigenvalue weighted by atomic mass is 16.6. The summed E-state index contributed by atoms with van der Waals surface area (Å²) >= 11 is 0. The Labute approximate surface area is 123 Å². The largest absolute Gasteiger partial charge is 0.370 e. The van der Waals surface area contributed by atoms with E-state index in [1.54, 1.807) is 4.90 Å². The molecule has 114 valence electrons. The van der Waals surface area contributed by atoms with Crippen LogP contribution in [0.25, 0.3) is 0 Å². The first-order valence-corrected chi connectivity index (χ1v) is 7.24. The Kier molecular flexibility index (Phi) is 4.72. The van der Waals surface area contributed by atoms with E-state index in [9.17, 15) is 14.9 Å². The van der Waals surface area contributed by atoms with Crippen LogP contribution in [0.5, 0.6) is 0 Å². The lowest BCUT2D eigenvalue weighted by Gasteiger charge is -2.33. The van der Waals surface area contributed by atoms with Gasteiger partial charge in [-0.3, -0.25) is 14.9 Å². The summed E-state index contributed by atoms with van der Waals surface area (Å²) in [6, 6.07) is 1.47. The van der Waals surface area contributed by atoms with Crippen LogP contribution in [0.1, 0.15) is 43.5 Å². The molecule has 1 saturated heterocycles. The number of anilines is 1. The molecule has 7 heteroatoms. The molecule has 1 N–H and O–H groups in total. The fraction of sp³-hybridized carbons (Fsp3) is 0.571. The van der Waals surface area contributed by atoms with Crippen molar-refractivity contribution in [3.8, 4) is 0 Å². The third-order valence-corrected chi connectivity index (χ3v) is 3.72. The fourth-order valence-corrected chi connectivity index (χ4v) is 2.58. The number of nitrogens with zero attached hydrogens (tertiary/aromatic N) is 3. The summed E-state index contributed by atoms with van der Waals surface area (Å²) in [4.78, 5) is 28.9. The molecule has 1 unspecified atom stereocenters. The first-order chi connectivity index (χ1) is 10.0. The van der Waals surface area contributed by atoms with E-state index in [2.05, 4.69) is 10.3 Å². The number of aromatic nitrogens is 1. The summed E-state index contributed by atoms with van der Waals surface area (Å²) in [6.45, 7) is 5.19. The third-order valence-electron chi connectivity index (χ3n) is 3.72. The average Bonchev–Trinajstić information content (AvgIpc) is 2.47. The van der Waals surface area contributed by atoms with Crippen molar-refractivity contribution in [3.05, 3.63) is 27.9 Å². The smallest absolute Gasteiger partial charge is 0.288 e. The lowest BCUT2D eigenvalue weighted by atomic mass is 10.0. The molecule has 2 heterocycles. The highest BCUT2D eigenvalue weighted by Crippen LogP contribution is 2.24. The number of carbonyl (C=O) groups excluding carboxylic acids is 1. The van der Waals surface area contributed by atoms with E-state index < -0.39 is 4.92 Å². The zero-order valence-corrected chi connectivity index (χ0v) is 12.3. The second-order valence-electron chi connectivity index (χ2n) is 5.22. The molecule has 7 nitrogen and oxygen atoms in total. The van der Waals surface area contributed by atoms with Crippen LogP contribution in [0.4, 0.5) is 11.5 Å². The molecule has 0 spiro atoms. The van der Waals surface area contributed by atoms with Gasteiger partial charge >= 0.3 is 0 Å². The first kappa shape index (κ1) is 15.2. The van der Waals surface area contributed by atoms with Gasteiger partial charge in [-0.1, -0.05) is 0 Å². The van der Waals surface area contributed by atoms with Crippen molar-refractivity contribution in [2.75, 3.05) is 18.4 Å². The van der Waals surface area contributed by atoms with Gasteiger partial charge < -0.3 is 10.2 Å². The van der Waals surface area contributed by atoms with Crippen LogP contribution >= 0.6 is 0 Å². The second-order valence-corrected chi connectivity index (χ2v) is 5.22. The van der Waals surface area contributed by atoms with Gasteiger partial charge in [0, 0.05) is 25.2 Å². The van der Waals surface area contributed by atoms with Gasteiger partial charge in [0.2, 0.25) is 0 Å². The predicted molar refractivity (Wildman–Crippen MR) is 79.4 cm³/mol. The van der Waals surface area contributed by atoms with Crippen LogP contribution < -0.4 is 5.32 Å². The fourth-order valence-electron chi connectivity index (χ4n) is 2.58. The summed E-state index contributed by atoms with van der Waals surface area (Å²) < 4.78 is 0. The number of likely N-dealkylation sites (tertiary alicyclic amines) is 1. The minimum atomic E-state index is -0.529. The molecule has 0 aromatic carbocycles. The number of nitro groups is 1. The predicted octanol–water partition coefficient (Wildman–Crippen LogP) is 2.44. The maximum absolute atomic E-state index is 12.7. The highest BCUT2D eigenvalue weighted by Gasteiger charge is 2.27. The molecule has 1 aliphatic heterocycles. The summed E-state index contributed by atoms with van der Waals surface area (Å²) in [7, 11) is 0. The Morgan fingerprint density at radius 2 is 2.33 bits per heavy atom. The molecular formula is C14H20N4O3. The number of carbonyl (C=O) groups is 1. The molecule has 1 aliphatic rings. The van der Waals surface area contributed by atoms with Crippen molar-refractivity contribution in [2.24, 2.45) is 0 Å². The van der Waals surface area contributed by atoms with E-state index in [1.165, 1.54) is 12.3 Å². The minimum absolute atomic E-state index is 0.153. The van der Waals surface area contributed by atoms with Crippen molar-refractivity contribution < 1.29 is 9.72 Å². The molecule has 0 bridgehead atoms. The van der Waals surface area contributed by atoms with E-state index in [4.69, 9.17) is 0 Å². The number of amides is 1. The lowest BCUT2D eigenvalue weighted by Crippen LogP contribution is -2.42. The zero-order chi connectivity index (χ0) is 15.4. The molecule has 1 amide bonds. The van der Waals surface area contributed by atoms with Gasteiger partial charge in [0.25, 0.3) is 11.6 Å². The summed E-state index contributed by atoms with van der Waals surface area (Å²) in [6.07, 6.45) is 4.21. The third kappa shape index (κ3) is 3.29. The Hall–Kier alpha value is -2.18. The van der Waals surface area contributed by atoms with Crippen molar-refractivity contribution in [1.82, 2.24) is 9.88 Å². The number of rotatable bonds is 4. The average molecular weight is 292 g/mol. The van der Waals surface area contributed by atoms with Crippen molar-refractivity contribution in [3.63, 3.8) is 0 Å². The summed E-state index contributed by atoms with van der Waals surface area (Å²) in [5.41, 5.74) is 0.115. The topological polar surface area (TPSA) is 88.4 Å². The van der Waals surface area contributed by atoms with Gasteiger partial charge in [-0.15, -0.1) is 0 Å². The van der Waals surface area contributed by atoms with E-state index in [0.29, 0.717) is 18.9 Å². The standard InChI is InChI=1S/C14H20N4O3/c1-3-15-13-12(8-11(9-16-13)18(20)21)14(19)17-7-5-4-6-10(17)2/h8-10H,3-7H2,1-2H3,(H,15,16). The Morgan fingerprint density at radius 1 is 1.57 bits per heavy atom. The number of hydrogen-bond acceptors (Lipinski definition) is 5. The van der Waals surface area contributed by atoms with E-state index >= 15 is 0 Å². The molecule has 1 aromatic heterocycles. The van der Waals surface area contributed by atoms with Gasteiger partial charge in [-0.2, -0.15) is 0 Å². The molecule has 0 radical (unpaired) electrons. The van der Waals surface area contributed by atoms with Gasteiger partial charge in [0.15, 0.2) is 0 Å². The first-order valence-electron chi connectivity index (χ1n) is 7.24. The second kappa shape index (κ2) is 6.51. The van der Waals surface area contributed by atoms with Crippen molar-refractivity contribution in [1.29, 1.82) is 0 Å². The lowest BCUT2D eigenvalue weighted by molar-refractivity contribution is -0.385. The summed E-state index contributed by atoms with van der Waals surface area (Å²) in [5, 5.41) is 13.9. The molecule has 21 heavy (non-hydrogen) atoms. The number of pyridine rings is 1. The minimum Gasteiger partial charge on any atom is -0.370 e.